The highest BCUT2D eigenvalue weighted by atomic mass is 32.1. The monoisotopic (exact) mass is 326 g/mol. The van der Waals surface area contributed by atoms with E-state index in [1.165, 1.54) is 0 Å². The third-order valence-corrected chi connectivity index (χ3v) is 5.33. The molecule has 1 saturated heterocycles. The van der Waals surface area contributed by atoms with Crippen molar-refractivity contribution in [2.45, 2.75) is 25.2 Å². The summed E-state index contributed by atoms with van der Waals surface area (Å²) in [4.78, 5) is 15.5. The van der Waals surface area contributed by atoms with Crippen LogP contribution in [-0.4, -0.2) is 38.5 Å². The van der Waals surface area contributed by atoms with Crippen LogP contribution in [0.2, 0.25) is 0 Å². The zero-order valence-electron chi connectivity index (χ0n) is 12.8. The molecular formula is C17H18N4OS. The summed E-state index contributed by atoms with van der Waals surface area (Å²) in [5.74, 6) is 1.63. The fourth-order valence-electron chi connectivity index (χ4n) is 3.20. The minimum absolute atomic E-state index is 0.233. The Hall–Kier alpha value is -2.21. The van der Waals surface area contributed by atoms with Crippen LogP contribution >= 0.6 is 11.3 Å². The summed E-state index contributed by atoms with van der Waals surface area (Å²) in [7, 11) is 0. The Kier molecular flexibility index (Phi) is 3.83. The number of hydrogen-bond donors (Lipinski definition) is 0. The molecule has 6 heteroatoms. The van der Waals surface area contributed by atoms with Gasteiger partial charge in [0.05, 0.1) is 6.42 Å². The summed E-state index contributed by atoms with van der Waals surface area (Å²) in [5.41, 5.74) is 0.888. The van der Waals surface area contributed by atoms with Crippen LogP contribution in [0.3, 0.4) is 0 Å². The molecule has 0 aliphatic carbocycles. The van der Waals surface area contributed by atoms with Crippen LogP contribution in [0, 0.1) is 0 Å². The zero-order valence-corrected chi connectivity index (χ0v) is 13.6. The summed E-state index contributed by atoms with van der Waals surface area (Å²) in [6.45, 7) is 1.60. The fraction of sp³-hybridized carbons (Fsp3) is 0.353. The summed E-state index contributed by atoms with van der Waals surface area (Å²) in [5, 5.41) is 10.6. The highest BCUT2D eigenvalue weighted by molar-refractivity contribution is 7.10. The van der Waals surface area contributed by atoms with Gasteiger partial charge in [0.1, 0.15) is 5.82 Å². The van der Waals surface area contributed by atoms with Crippen LogP contribution in [0.25, 0.3) is 5.65 Å². The lowest BCUT2D eigenvalue weighted by Crippen LogP contribution is -2.39. The summed E-state index contributed by atoms with van der Waals surface area (Å²) in [6, 6.07) is 9.96. The molecular weight excluding hydrogens is 308 g/mol. The summed E-state index contributed by atoms with van der Waals surface area (Å²) >= 11 is 1.65. The molecule has 0 atom stereocenters. The first-order chi connectivity index (χ1) is 11.3. The molecule has 3 aromatic rings. The minimum Gasteiger partial charge on any atom is -0.342 e. The maximum Gasteiger partial charge on any atom is 0.227 e. The molecule has 3 aromatic heterocycles. The summed E-state index contributed by atoms with van der Waals surface area (Å²) < 4.78 is 2.06. The fourth-order valence-corrected chi connectivity index (χ4v) is 3.90. The van der Waals surface area contributed by atoms with E-state index in [0.29, 0.717) is 12.3 Å². The van der Waals surface area contributed by atoms with Gasteiger partial charge in [-0.2, -0.15) is 0 Å². The second-order valence-corrected chi connectivity index (χ2v) is 6.93. The Morgan fingerprint density at radius 2 is 2.04 bits per heavy atom. The van der Waals surface area contributed by atoms with Gasteiger partial charge >= 0.3 is 0 Å². The van der Waals surface area contributed by atoms with E-state index >= 15 is 0 Å². The smallest absolute Gasteiger partial charge is 0.227 e. The van der Waals surface area contributed by atoms with E-state index in [4.69, 9.17) is 0 Å². The van der Waals surface area contributed by atoms with Crippen LogP contribution in [0.4, 0.5) is 0 Å². The van der Waals surface area contributed by atoms with Gasteiger partial charge in [0.25, 0.3) is 0 Å². The molecule has 5 nitrogen and oxygen atoms in total. The molecule has 0 N–H and O–H groups in total. The lowest BCUT2D eigenvalue weighted by Gasteiger charge is -2.31. The van der Waals surface area contributed by atoms with Crippen molar-refractivity contribution in [2.75, 3.05) is 13.1 Å². The van der Waals surface area contributed by atoms with Crippen LogP contribution in [0.15, 0.2) is 41.9 Å². The molecule has 1 aliphatic rings. The lowest BCUT2D eigenvalue weighted by atomic mass is 9.95. The highest BCUT2D eigenvalue weighted by Crippen LogP contribution is 2.27. The predicted octanol–water partition coefficient (Wildman–Crippen LogP) is 2.74. The second kappa shape index (κ2) is 6.12. The van der Waals surface area contributed by atoms with E-state index in [0.717, 1.165) is 42.3 Å². The van der Waals surface area contributed by atoms with Gasteiger partial charge in [-0.1, -0.05) is 12.1 Å². The topological polar surface area (TPSA) is 50.5 Å². The Bertz CT molecular complexity index is 803. The average molecular weight is 326 g/mol. The molecule has 118 valence electrons. The molecule has 1 amide bonds. The average Bonchev–Trinajstić information content (AvgIpc) is 3.24. The normalized spacial score (nSPS) is 16.1. The first-order valence-corrected chi connectivity index (χ1v) is 8.79. The van der Waals surface area contributed by atoms with Crippen molar-refractivity contribution in [3.63, 3.8) is 0 Å². The van der Waals surface area contributed by atoms with E-state index in [9.17, 15) is 4.79 Å². The molecule has 1 fully saturated rings. The Balaban J connectivity index is 1.42. The van der Waals surface area contributed by atoms with Crippen LogP contribution in [-0.2, 0) is 11.2 Å². The SMILES string of the molecule is O=C(Cc1cccs1)N1CCC(c2nnc3ccccn23)CC1. The van der Waals surface area contributed by atoms with Gasteiger partial charge < -0.3 is 4.90 Å². The third-order valence-electron chi connectivity index (χ3n) is 4.46. The van der Waals surface area contributed by atoms with Gasteiger partial charge in [-0.3, -0.25) is 9.20 Å². The van der Waals surface area contributed by atoms with Crippen molar-refractivity contribution in [1.82, 2.24) is 19.5 Å². The number of piperidine rings is 1. The number of rotatable bonds is 3. The predicted molar refractivity (Wildman–Crippen MR) is 89.6 cm³/mol. The molecule has 1 aliphatic heterocycles. The van der Waals surface area contributed by atoms with Crippen molar-refractivity contribution in [2.24, 2.45) is 0 Å². The highest BCUT2D eigenvalue weighted by Gasteiger charge is 2.26. The molecule has 0 unspecified atom stereocenters. The number of fused-ring (bicyclic) bond motifs is 1. The van der Waals surface area contributed by atoms with E-state index < -0.39 is 0 Å². The Morgan fingerprint density at radius 1 is 1.17 bits per heavy atom. The summed E-state index contributed by atoms with van der Waals surface area (Å²) in [6.07, 6.45) is 4.44. The van der Waals surface area contributed by atoms with E-state index in [-0.39, 0.29) is 5.91 Å². The number of pyridine rings is 1. The van der Waals surface area contributed by atoms with Gasteiger partial charge in [0, 0.05) is 30.1 Å². The maximum atomic E-state index is 12.4. The van der Waals surface area contributed by atoms with Crippen molar-refractivity contribution in [1.29, 1.82) is 0 Å². The Morgan fingerprint density at radius 3 is 2.83 bits per heavy atom. The number of carbonyl (C=O) groups is 1. The van der Waals surface area contributed by atoms with E-state index in [2.05, 4.69) is 14.6 Å². The van der Waals surface area contributed by atoms with E-state index in [1.54, 1.807) is 11.3 Å². The number of likely N-dealkylation sites (tertiary alicyclic amines) is 1. The van der Waals surface area contributed by atoms with Gasteiger partial charge in [-0.25, -0.2) is 0 Å². The number of thiophene rings is 1. The first-order valence-electron chi connectivity index (χ1n) is 7.91. The van der Waals surface area contributed by atoms with Gasteiger partial charge in [0.15, 0.2) is 5.65 Å². The van der Waals surface area contributed by atoms with Crippen molar-refractivity contribution in [3.8, 4) is 0 Å². The van der Waals surface area contributed by atoms with Crippen LogP contribution in [0.5, 0.6) is 0 Å². The molecule has 0 saturated carbocycles. The second-order valence-electron chi connectivity index (χ2n) is 5.90. The van der Waals surface area contributed by atoms with E-state index in [1.807, 2.05) is 46.8 Å². The van der Waals surface area contributed by atoms with Crippen LogP contribution in [0.1, 0.15) is 29.5 Å². The third kappa shape index (κ3) is 2.86. The molecule has 4 heterocycles. The molecule has 0 aromatic carbocycles. The maximum absolute atomic E-state index is 12.4. The van der Waals surface area contributed by atoms with Gasteiger partial charge in [-0.15, -0.1) is 21.5 Å². The quantitative estimate of drug-likeness (QED) is 0.743. The standard InChI is InChI=1S/C17H18N4OS/c22-16(12-14-4-3-11-23-14)20-9-6-13(7-10-20)17-19-18-15-5-1-2-8-21(15)17/h1-5,8,11,13H,6-7,9-10,12H2. The number of aromatic nitrogens is 3. The van der Waals surface area contributed by atoms with Crippen molar-refractivity contribution < 1.29 is 4.79 Å². The number of nitrogens with zero attached hydrogens (tertiary/aromatic N) is 4. The van der Waals surface area contributed by atoms with Gasteiger partial charge in [-0.05, 0) is 36.4 Å². The number of amides is 1. The van der Waals surface area contributed by atoms with Crippen molar-refractivity contribution in [3.05, 3.63) is 52.6 Å². The molecule has 23 heavy (non-hydrogen) atoms. The zero-order chi connectivity index (χ0) is 15.6. The van der Waals surface area contributed by atoms with Gasteiger partial charge in [0.2, 0.25) is 5.91 Å². The van der Waals surface area contributed by atoms with Crippen LogP contribution < -0.4 is 0 Å². The largest absolute Gasteiger partial charge is 0.342 e. The minimum atomic E-state index is 0.233. The number of carbonyl (C=O) groups excluding carboxylic acids is 1. The molecule has 0 radical (unpaired) electrons. The molecule has 4 rings (SSSR count). The lowest BCUT2D eigenvalue weighted by molar-refractivity contribution is -0.131. The molecule has 0 spiro atoms. The number of hydrogen-bond acceptors (Lipinski definition) is 4. The first kappa shape index (κ1) is 14.4. The molecule has 0 bridgehead atoms. The van der Waals surface area contributed by atoms with Crippen molar-refractivity contribution >= 4 is 22.9 Å². The Labute approximate surface area is 138 Å².